The normalized spacial score (nSPS) is 11.5. The molecule has 148 valence electrons. The molecule has 0 radical (unpaired) electrons. The third-order valence-corrected chi connectivity index (χ3v) is 6.98. The Morgan fingerprint density at radius 1 is 1.03 bits per heavy atom. The van der Waals surface area contributed by atoms with Crippen LogP contribution < -0.4 is 10.0 Å². The lowest BCUT2D eigenvalue weighted by atomic mass is 10.2. The van der Waals surface area contributed by atoms with Crippen molar-refractivity contribution >= 4 is 48.9 Å². The van der Waals surface area contributed by atoms with Gasteiger partial charge in [0.1, 0.15) is 4.83 Å². The van der Waals surface area contributed by atoms with E-state index in [-0.39, 0.29) is 10.8 Å². The van der Waals surface area contributed by atoms with E-state index >= 15 is 0 Å². The lowest BCUT2D eigenvalue weighted by Crippen LogP contribution is -2.16. The Labute approximate surface area is 172 Å². The molecule has 29 heavy (non-hydrogen) atoms. The highest BCUT2D eigenvalue weighted by molar-refractivity contribution is 7.92. The van der Waals surface area contributed by atoms with Gasteiger partial charge in [-0.2, -0.15) is 5.10 Å². The molecule has 2 heterocycles. The first-order chi connectivity index (χ1) is 13.8. The quantitative estimate of drug-likeness (QED) is 0.504. The minimum atomic E-state index is -3.77. The van der Waals surface area contributed by atoms with Crippen molar-refractivity contribution in [2.75, 3.05) is 10.0 Å². The lowest BCUT2D eigenvalue weighted by Gasteiger charge is -2.13. The minimum absolute atomic E-state index is 0.147. The Kier molecular flexibility index (Phi) is 4.85. The maximum Gasteiger partial charge on any atom is 0.265 e. The lowest BCUT2D eigenvalue weighted by molar-refractivity contribution is 0.103. The fraction of sp³-hybridized carbons (Fsp3) is 0.100. The number of thiophene rings is 1. The summed E-state index contributed by atoms with van der Waals surface area (Å²) < 4.78 is 29.6. The van der Waals surface area contributed by atoms with Gasteiger partial charge in [0.15, 0.2) is 0 Å². The number of aryl methyl sites for hydroxylation is 2. The van der Waals surface area contributed by atoms with E-state index in [2.05, 4.69) is 15.1 Å². The van der Waals surface area contributed by atoms with Crippen molar-refractivity contribution in [2.45, 2.75) is 11.8 Å². The third kappa shape index (κ3) is 3.74. The first-order valence-corrected chi connectivity index (χ1v) is 11.1. The van der Waals surface area contributed by atoms with Crippen molar-refractivity contribution in [1.82, 2.24) is 9.78 Å². The van der Waals surface area contributed by atoms with Gasteiger partial charge in [-0.25, -0.2) is 8.42 Å². The predicted molar refractivity (Wildman–Crippen MR) is 115 cm³/mol. The van der Waals surface area contributed by atoms with Crippen LogP contribution in [-0.2, 0) is 17.1 Å². The van der Waals surface area contributed by atoms with Crippen LogP contribution in [0.4, 0.5) is 11.4 Å². The van der Waals surface area contributed by atoms with Crippen molar-refractivity contribution in [3.05, 3.63) is 71.2 Å². The number of nitrogens with one attached hydrogen (secondary N) is 2. The van der Waals surface area contributed by atoms with Crippen molar-refractivity contribution in [1.29, 1.82) is 0 Å². The summed E-state index contributed by atoms with van der Waals surface area (Å²) in [6, 6.07) is 16.6. The topological polar surface area (TPSA) is 93.1 Å². The second-order valence-electron chi connectivity index (χ2n) is 6.46. The Balaban J connectivity index is 1.61. The van der Waals surface area contributed by atoms with E-state index in [0.717, 1.165) is 15.9 Å². The number of anilines is 2. The second kappa shape index (κ2) is 7.34. The summed E-state index contributed by atoms with van der Waals surface area (Å²) in [6.07, 6.45) is 0. The Morgan fingerprint density at radius 2 is 1.69 bits per heavy atom. The predicted octanol–water partition coefficient (Wildman–Crippen LogP) is 4.00. The van der Waals surface area contributed by atoms with E-state index in [1.54, 1.807) is 53.2 Å². The van der Waals surface area contributed by atoms with Gasteiger partial charge in [0.2, 0.25) is 0 Å². The number of aromatic nitrogens is 2. The average molecular weight is 427 g/mol. The number of sulfonamides is 1. The molecule has 0 saturated carbocycles. The van der Waals surface area contributed by atoms with Gasteiger partial charge in [0.05, 0.1) is 26.8 Å². The summed E-state index contributed by atoms with van der Waals surface area (Å²) >= 11 is 1.34. The number of carbonyl (C=O) groups excluding carboxylic acids is 1. The van der Waals surface area contributed by atoms with Crippen LogP contribution in [0.15, 0.2) is 65.6 Å². The largest absolute Gasteiger partial charge is 0.319 e. The summed E-state index contributed by atoms with van der Waals surface area (Å²) in [4.78, 5) is 14.4. The molecule has 1 amide bonds. The molecule has 2 aromatic carbocycles. The van der Waals surface area contributed by atoms with E-state index in [1.807, 2.05) is 14.0 Å². The van der Waals surface area contributed by atoms with Crippen LogP contribution in [0.1, 0.15) is 15.4 Å². The highest BCUT2D eigenvalue weighted by Gasteiger charge is 2.19. The van der Waals surface area contributed by atoms with E-state index in [9.17, 15) is 13.2 Å². The maximum atomic E-state index is 12.8. The molecule has 9 heteroatoms. The first-order valence-electron chi connectivity index (χ1n) is 8.76. The first kappa shape index (κ1) is 19.2. The van der Waals surface area contributed by atoms with Gasteiger partial charge in [0.25, 0.3) is 15.9 Å². The van der Waals surface area contributed by atoms with Crippen LogP contribution in [0.5, 0.6) is 0 Å². The summed E-state index contributed by atoms with van der Waals surface area (Å²) in [5, 5.41) is 8.07. The van der Waals surface area contributed by atoms with Crippen LogP contribution in [0.3, 0.4) is 0 Å². The van der Waals surface area contributed by atoms with E-state index in [0.29, 0.717) is 16.3 Å². The van der Waals surface area contributed by atoms with Gasteiger partial charge < -0.3 is 5.32 Å². The van der Waals surface area contributed by atoms with Gasteiger partial charge in [-0.1, -0.05) is 30.3 Å². The number of fused-ring (bicyclic) bond motifs is 1. The van der Waals surface area contributed by atoms with Gasteiger partial charge in [-0.15, -0.1) is 11.3 Å². The van der Waals surface area contributed by atoms with Crippen LogP contribution in [0.25, 0.3) is 10.2 Å². The zero-order valence-electron chi connectivity index (χ0n) is 15.7. The molecule has 4 aromatic rings. The summed E-state index contributed by atoms with van der Waals surface area (Å²) in [6.45, 7) is 1.89. The number of rotatable bonds is 5. The fourth-order valence-electron chi connectivity index (χ4n) is 2.99. The van der Waals surface area contributed by atoms with Gasteiger partial charge in [0, 0.05) is 12.4 Å². The number of nitrogens with zero attached hydrogens (tertiary/aromatic N) is 2. The zero-order valence-corrected chi connectivity index (χ0v) is 17.3. The number of amides is 1. The molecular weight excluding hydrogens is 408 g/mol. The van der Waals surface area contributed by atoms with Crippen LogP contribution in [-0.4, -0.2) is 24.1 Å². The van der Waals surface area contributed by atoms with Crippen molar-refractivity contribution < 1.29 is 13.2 Å². The van der Waals surface area contributed by atoms with E-state index in [4.69, 9.17) is 0 Å². The molecule has 0 aliphatic carbocycles. The zero-order chi connectivity index (χ0) is 20.6. The van der Waals surface area contributed by atoms with Gasteiger partial charge in [-0.05, 0) is 37.3 Å². The van der Waals surface area contributed by atoms with Crippen molar-refractivity contribution in [3.8, 4) is 0 Å². The molecule has 0 fully saturated rings. The van der Waals surface area contributed by atoms with Crippen molar-refractivity contribution in [3.63, 3.8) is 0 Å². The van der Waals surface area contributed by atoms with Crippen LogP contribution in [0.2, 0.25) is 0 Å². The van der Waals surface area contributed by atoms with Crippen molar-refractivity contribution in [2.24, 2.45) is 7.05 Å². The highest BCUT2D eigenvalue weighted by Crippen LogP contribution is 2.30. The Bertz CT molecular complexity index is 1270. The number of hydrogen-bond donors (Lipinski definition) is 2. The fourth-order valence-corrected chi connectivity index (χ4v) is 5.10. The molecule has 0 bridgehead atoms. The molecular formula is C20H18N4O3S2. The van der Waals surface area contributed by atoms with E-state index in [1.165, 1.54) is 23.5 Å². The summed E-state index contributed by atoms with van der Waals surface area (Å²) in [7, 11) is -1.93. The Hall–Kier alpha value is -3.17. The minimum Gasteiger partial charge on any atom is -0.319 e. The molecule has 0 aliphatic heterocycles. The number of para-hydroxylation sites is 2. The third-order valence-electron chi connectivity index (χ3n) is 4.39. The molecule has 0 saturated heterocycles. The number of benzene rings is 2. The smallest absolute Gasteiger partial charge is 0.265 e. The second-order valence-corrected chi connectivity index (χ2v) is 9.17. The van der Waals surface area contributed by atoms with Gasteiger partial charge in [-0.3, -0.25) is 14.2 Å². The molecule has 0 atom stereocenters. The number of carbonyl (C=O) groups is 1. The molecule has 0 spiro atoms. The maximum absolute atomic E-state index is 12.8. The van der Waals surface area contributed by atoms with Crippen LogP contribution >= 0.6 is 11.3 Å². The molecule has 0 unspecified atom stereocenters. The standard InChI is InChI=1S/C20H18N4O3S2/c1-13-15-12-18(28-20(15)24(2)22-13)19(25)21-16-10-6-7-11-17(16)23-29(26,27)14-8-4-3-5-9-14/h3-12,23H,1-2H3,(H,21,25). The highest BCUT2D eigenvalue weighted by atomic mass is 32.2. The molecule has 0 aliphatic rings. The average Bonchev–Trinajstić information content (AvgIpc) is 3.25. The van der Waals surface area contributed by atoms with E-state index < -0.39 is 10.0 Å². The Morgan fingerprint density at radius 3 is 2.38 bits per heavy atom. The number of hydrogen-bond acceptors (Lipinski definition) is 5. The molecule has 2 N–H and O–H groups in total. The molecule has 2 aromatic heterocycles. The molecule has 4 rings (SSSR count). The SMILES string of the molecule is Cc1nn(C)c2sc(C(=O)Nc3ccccc3NS(=O)(=O)c3ccccc3)cc12. The molecule has 7 nitrogen and oxygen atoms in total. The van der Waals surface area contributed by atoms with Gasteiger partial charge >= 0.3 is 0 Å². The summed E-state index contributed by atoms with van der Waals surface area (Å²) in [5.41, 5.74) is 1.53. The monoisotopic (exact) mass is 426 g/mol. The summed E-state index contributed by atoms with van der Waals surface area (Å²) in [5.74, 6) is -0.308. The van der Waals surface area contributed by atoms with Crippen LogP contribution in [0, 0.1) is 6.92 Å².